The predicted octanol–water partition coefficient (Wildman–Crippen LogP) is 1.61. The van der Waals surface area contributed by atoms with E-state index in [0.29, 0.717) is 6.04 Å². The van der Waals surface area contributed by atoms with Crippen molar-refractivity contribution in [3.05, 3.63) is 47.7 Å². The first kappa shape index (κ1) is 10.2. The van der Waals surface area contributed by atoms with Gasteiger partial charge in [0.15, 0.2) is 0 Å². The molecule has 1 aliphatic heterocycles. The minimum Gasteiger partial charge on any atom is -0.383 e. The molecule has 80 valence electrons. The van der Waals surface area contributed by atoms with E-state index in [-0.39, 0.29) is 0 Å². The van der Waals surface area contributed by atoms with Crippen LogP contribution in [0.4, 0.5) is 0 Å². The predicted molar refractivity (Wildman–Crippen MR) is 63.8 cm³/mol. The lowest BCUT2D eigenvalue weighted by Crippen LogP contribution is -2.54. The Morgan fingerprint density at radius 1 is 1.47 bits per heavy atom. The second-order valence-electron chi connectivity index (χ2n) is 4.21. The van der Waals surface area contributed by atoms with Gasteiger partial charge in [-0.3, -0.25) is 0 Å². The third kappa shape index (κ3) is 2.60. The second-order valence-corrected chi connectivity index (χ2v) is 4.21. The number of benzene rings is 1. The average Bonchev–Trinajstić information content (AvgIpc) is 2.16. The van der Waals surface area contributed by atoms with E-state index in [9.17, 15) is 0 Å². The number of nitrogens with one attached hydrogen (secondary N) is 2. The van der Waals surface area contributed by atoms with Gasteiger partial charge in [0.05, 0.1) is 6.04 Å². The molecular formula is C13H18N2. The molecular weight excluding hydrogens is 184 g/mol. The van der Waals surface area contributed by atoms with Gasteiger partial charge < -0.3 is 10.6 Å². The Labute approximate surface area is 91.4 Å². The van der Waals surface area contributed by atoms with Crippen LogP contribution in [-0.2, 0) is 6.42 Å². The van der Waals surface area contributed by atoms with E-state index in [1.165, 1.54) is 11.1 Å². The Morgan fingerprint density at radius 3 is 2.80 bits per heavy atom. The molecule has 0 amide bonds. The summed E-state index contributed by atoms with van der Waals surface area (Å²) >= 11 is 0. The van der Waals surface area contributed by atoms with E-state index in [0.717, 1.165) is 25.2 Å². The molecule has 1 saturated heterocycles. The van der Waals surface area contributed by atoms with Crippen LogP contribution in [0.5, 0.6) is 0 Å². The van der Waals surface area contributed by atoms with E-state index in [1.54, 1.807) is 0 Å². The molecule has 0 atom stereocenters. The Morgan fingerprint density at radius 2 is 2.20 bits per heavy atom. The number of allylic oxidation sites excluding steroid dienone is 1. The third-order valence-electron chi connectivity index (χ3n) is 2.85. The summed E-state index contributed by atoms with van der Waals surface area (Å²) in [5.41, 5.74) is 3.82. The molecule has 0 aliphatic carbocycles. The first-order chi connectivity index (χ1) is 7.25. The highest BCUT2D eigenvalue weighted by Gasteiger charge is 2.16. The van der Waals surface area contributed by atoms with Crippen LogP contribution in [0.1, 0.15) is 11.1 Å². The Balaban J connectivity index is 1.90. The minimum atomic E-state index is 0.585. The fourth-order valence-electron chi connectivity index (χ4n) is 1.77. The van der Waals surface area contributed by atoms with Crippen molar-refractivity contribution in [2.75, 3.05) is 13.1 Å². The fraction of sp³-hybridized carbons (Fsp3) is 0.385. The highest BCUT2D eigenvalue weighted by molar-refractivity contribution is 5.29. The van der Waals surface area contributed by atoms with E-state index in [2.05, 4.69) is 48.4 Å². The maximum Gasteiger partial charge on any atom is 0.0507 e. The summed E-state index contributed by atoms with van der Waals surface area (Å²) in [4.78, 5) is 0. The highest BCUT2D eigenvalue weighted by atomic mass is 15.1. The van der Waals surface area contributed by atoms with Crippen molar-refractivity contribution in [1.29, 1.82) is 0 Å². The molecule has 1 heterocycles. The molecule has 2 N–H and O–H groups in total. The number of rotatable bonds is 4. The number of hydrogen-bond acceptors (Lipinski definition) is 2. The average molecular weight is 202 g/mol. The summed E-state index contributed by atoms with van der Waals surface area (Å²) in [5.74, 6) is 0. The normalized spacial score (nSPS) is 15.8. The Hall–Kier alpha value is -1.28. The lowest BCUT2D eigenvalue weighted by molar-refractivity contribution is 0.390. The molecule has 2 heteroatoms. The van der Waals surface area contributed by atoms with Gasteiger partial charge in [0.2, 0.25) is 0 Å². The van der Waals surface area contributed by atoms with Gasteiger partial charge in [-0.2, -0.15) is 0 Å². The lowest BCUT2D eigenvalue weighted by Gasteiger charge is -2.30. The first-order valence-corrected chi connectivity index (χ1v) is 5.45. The van der Waals surface area contributed by atoms with E-state index >= 15 is 0 Å². The van der Waals surface area contributed by atoms with Crippen molar-refractivity contribution in [3.8, 4) is 0 Å². The zero-order valence-electron chi connectivity index (χ0n) is 9.22. The second kappa shape index (κ2) is 4.49. The number of hydrogen-bond donors (Lipinski definition) is 2. The van der Waals surface area contributed by atoms with Crippen molar-refractivity contribution in [1.82, 2.24) is 10.6 Å². The van der Waals surface area contributed by atoms with Gasteiger partial charge in [0, 0.05) is 25.2 Å². The fourth-order valence-corrected chi connectivity index (χ4v) is 1.77. The molecule has 2 nitrogen and oxygen atoms in total. The van der Waals surface area contributed by atoms with Crippen molar-refractivity contribution >= 4 is 0 Å². The van der Waals surface area contributed by atoms with Crippen LogP contribution in [-0.4, -0.2) is 19.1 Å². The molecule has 0 saturated carbocycles. The molecule has 2 rings (SSSR count). The van der Waals surface area contributed by atoms with Crippen LogP contribution in [0.2, 0.25) is 0 Å². The van der Waals surface area contributed by atoms with Gasteiger partial charge in [-0.25, -0.2) is 0 Å². The molecule has 0 spiro atoms. The standard InChI is InChI=1S/C13H18N2/c1-10-5-3-4-6-12(10)7-11(2)15-13-8-14-9-13/h3-6,13-15H,2,7-9H2,1H3. The molecule has 1 aromatic carbocycles. The maximum atomic E-state index is 4.07. The third-order valence-corrected chi connectivity index (χ3v) is 2.85. The molecule has 1 aliphatic rings. The van der Waals surface area contributed by atoms with Crippen LogP contribution < -0.4 is 10.6 Å². The molecule has 0 aromatic heterocycles. The van der Waals surface area contributed by atoms with Gasteiger partial charge in [-0.15, -0.1) is 0 Å². The zero-order valence-corrected chi connectivity index (χ0v) is 9.22. The molecule has 15 heavy (non-hydrogen) atoms. The van der Waals surface area contributed by atoms with Gasteiger partial charge in [-0.1, -0.05) is 30.8 Å². The SMILES string of the molecule is C=C(Cc1ccccc1C)NC1CNC1. The summed E-state index contributed by atoms with van der Waals surface area (Å²) in [6.45, 7) is 8.34. The Kier molecular flexibility index (Phi) is 3.07. The summed E-state index contributed by atoms with van der Waals surface area (Å²) in [5, 5.41) is 6.67. The van der Waals surface area contributed by atoms with Crippen LogP contribution >= 0.6 is 0 Å². The first-order valence-electron chi connectivity index (χ1n) is 5.45. The van der Waals surface area contributed by atoms with Crippen molar-refractivity contribution in [2.24, 2.45) is 0 Å². The summed E-state index contributed by atoms with van der Waals surface area (Å²) in [7, 11) is 0. The van der Waals surface area contributed by atoms with E-state index < -0.39 is 0 Å². The van der Waals surface area contributed by atoms with Crippen LogP contribution in [0.25, 0.3) is 0 Å². The molecule has 1 aromatic rings. The van der Waals surface area contributed by atoms with Gasteiger partial charge in [-0.05, 0) is 18.1 Å². The monoisotopic (exact) mass is 202 g/mol. The topological polar surface area (TPSA) is 24.1 Å². The number of aryl methyl sites for hydroxylation is 1. The van der Waals surface area contributed by atoms with Crippen molar-refractivity contribution < 1.29 is 0 Å². The molecule has 0 bridgehead atoms. The largest absolute Gasteiger partial charge is 0.383 e. The summed E-state index contributed by atoms with van der Waals surface area (Å²) in [6.07, 6.45) is 0.934. The smallest absolute Gasteiger partial charge is 0.0507 e. The molecule has 0 radical (unpaired) electrons. The summed E-state index contributed by atoms with van der Waals surface area (Å²) in [6, 6.07) is 9.06. The molecule has 1 fully saturated rings. The quantitative estimate of drug-likeness (QED) is 0.775. The molecule has 0 unspecified atom stereocenters. The minimum absolute atomic E-state index is 0.585. The summed E-state index contributed by atoms with van der Waals surface area (Å²) < 4.78 is 0. The van der Waals surface area contributed by atoms with Crippen molar-refractivity contribution in [2.45, 2.75) is 19.4 Å². The van der Waals surface area contributed by atoms with Gasteiger partial charge >= 0.3 is 0 Å². The lowest BCUT2D eigenvalue weighted by atomic mass is 10.0. The van der Waals surface area contributed by atoms with E-state index in [4.69, 9.17) is 0 Å². The van der Waals surface area contributed by atoms with Crippen LogP contribution in [0, 0.1) is 6.92 Å². The zero-order chi connectivity index (χ0) is 10.7. The van der Waals surface area contributed by atoms with Gasteiger partial charge in [0.1, 0.15) is 0 Å². The van der Waals surface area contributed by atoms with Crippen molar-refractivity contribution in [3.63, 3.8) is 0 Å². The maximum absolute atomic E-state index is 4.07. The highest BCUT2D eigenvalue weighted by Crippen LogP contribution is 2.11. The van der Waals surface area contributed by atoms with Gasteiger partial charge in [0.25, 0.3) is 0 Å². The van der Waals surface area contributed by atoms with Crippen LogP contribution in [0.15, 0.2) is 36.5 Å². The van der Waals surface area contributed by atoms with E-state index in [1.807, 2.05) is 0 Å². The Bertz CT molecular complexity index is 353. The van der Waals surface area contributed by atoms with Crippen LogP contribution in [0.3, 0.4) is 0 Å².